The smallest absolute Gasteiger partial charge is 0.315 e. The third-order valence-electron chi connectivity index (χ3n) is 22.6. The van der Waals surface area contributed by atoms with Crippen LogP contribution in [0.15, 0.2) is 23.8 Å². The standard InChI is InChI=1S/C61H95NO20/c1-8-10-22-61(26-25-59(6)35(36(61)11-9-2)16-17-40-57(4)23-21-41(81-54-49(71)44(66)32(3)28-77-54)58(5,31-63)39(57)20-24-60(40,59)7)56(75)82-55-51(73)48(70)46(68)38(80-55)30-78-53-50(72)47(69)45(67)37(79-53)29-76-52(74)34-14-12-33(13-15-34)27-62-42(64)18-19-43(62)65/h16,18-19,32-34,36-41,44-51,53-55,63,66-73H,8-15,17,20-31H2,1-7H3. The van der Waals surface area contributed by atoms with Crippen LogP contribution in [0.25, 0.3) is 0 Å². The number of unbranched alkanes of at least 4 members (excludes halogenated alkanes) is 1. The highest BCUT2D eigenvalue weighted by atomic mass is 16.7. The van der Waals surface area contributed by atoms with Crippen LogP contribution in [-0.4, -0.2) is 194 Å². The molecule has 23 atom stereocenters. The molecule has 9 rings (SSSR count). The third kappa shape index (κ3) is 11.2. The first-order chi connectivity index (χ1) is 38.8. The van der Waals surface area contributed by atoms with Crippen molar-refractivity contribution in [1.82, 2.24) is 4.90 Å². The predicted octanol–water partition coefficient (Wildman–Crippen LogP) is 3.09. The quantitative estimate of drug-likeness (QED) is 0.0412. The molecule has 2 amide bonds. The van der Waals surface area contributed by atoms with Gasteiger partial charge in [0.1, 0.15) is 61.5 Å². The van der Waals surface area contributed by atoms with Gasteiger partial charge in [-0.15, -0.1) is 0 Å². The van der Waals surface area contributed by atoms with Crippen molar-refractivity contribution < 1.29 is 98.3 Å². The van der Waals surface area contributed by atoms with E-state index in [2.05, 4.69) is 47.6 Å². The van der Waals surface area contributed by atoms with Crippen LogP contribution in [0.4, 0.5) is 0 Å². The second kappa shape index (κ2) is 25.0. The van der Waals surface area contributed by atoms with E-state index in [0.717, 1.165) is 38.5 Å². The molecule has 0 spiro atoms. The number of carbonyl (C=O) groups is 4. The minimum Gasteiger partial charge on any atom is -0.463 e. The van der Waals surface area contributed by atoms with Crippen molar-refractivity contribution >= 4 is 23.8 Å². The molecule has 5 aliphatic carbocycles. The van der Waals surface area contributed by atoms with Crippen molar-refractivity contribution in [2.45, 2.75) is 237 Å². The van der Waals surface area contributed by atoms with Crippen LogP contribution in [0.5, 0.6) is 0 Å². The maximum absolute atomic E-state index is 15.3. The number of aliphatic hydroxyl groups is 9. The zero-order valence-corrected chi connectivity index (χ0v) is 49.1. The Labute approximate surface area is 482 Å². The van der Waals surface area contributed by atoms with Crippen LogP contribution in [0, 0.1) is 62.6 Å². The SMILES string of the molecule is CCCCC1(C(=O)OC2OC(COC3OC(COC(=O)C4CCC(CN5C(=O)C=CC5=O)CC4)C(O)C(O)C3O)C(O)C(O)C2O)CCC2(C)C(=CCC3C4(C)CCC(OC5OCC(C)C(O)C5O)C(C)(CO)C4CCC32C)C1CCC. The Bertz CT molecular complexity index is 2330. The molecular formula is C61H95NO20. The summed E-state index contributed by atoms with van der Waals surface area (Å²) < 4.78 is 42.1. The summed E-state index contributed by atoms with van der Waals surface area (Å²) in [6, 6.07) is 0. The van der Waals surface area contributed by atoms with Gasteiger partial charge < -0.3 is 79.1 Å². The predicted molar refractivity (Wildman–Crippen MR) is 291 cm³/mol. The van der Waals surface area contributed by atoms with Crippen LogP contribution in [0.1, 0.15) is 151 Å². The monoisotopic (exact) mass is 1160 g/mol. The van der Waals surface area contributed by atoms with E-state index in [-0.39, 0.29) is 77.4 Å². The Hall–Kier alpha value is -3.00. The van der Waals surface area contributed by atoms with E-state index in [1.54, 1.807) is 0 Å². The van der Waals surface area contributed by atoms with Crippen LogP contribution in [-0.2, 0) is 52.3 Å². The van der Waals surface area contributed by atoms with Gasteiger partial charge in [-0.25, -0.2) is 0 Å². The average Bonchev–Trinajstić information content (AvgIpc) is 0.824. The fourth-order valence-electron chi connectivity index (χ4n) is 17.2. The number of ether oxygens (including phenoxy) is 7. The van der Waals surface area contributed by atoms with Gasteiger partial charge in [-0.05, 0) is 123 Å². The molecule has 9 aliphatic rings. The maximum atomic E-state index is 15.3. The number of allylic oxidation sites excluding steroid dienone is 2. The summed E-state index contributed by atoms with van der Waals surface area (Å²) in [5, 5.41) is 99.7. The van der Waals surface area contributed by atoms with E-state index in [1.165, 1.54) is 22.6 Å². The molecule has 464 valence electrons. The number of nitrogens with zero attached hydrogens (tertiary/aromatic N) is 1. The Morgan fingerprint density at radius 2 is 1.34 bits per heavy atom. The Kier molecular flexibility index (Phi) is 19.4. The van der Waals surface area contributed by atoms with Crippen molar-refractivity contribution in [3.8, 4) is 0 Å². The molecule has 4 heterocycles. The number of fused-ring (bicyclic) bond motifs is 5. The fourth-order valence-corrected chi connectivity index (χ4v) is 17.2. The van der Waals surface area contributed by atoms with E-state index in [0.29, 0.717) is 64.2 Å². The number of amides is 2. The first kappa shape index (κ1) is 63.5. The van der Waals surface area contributed by atoms with Crippen molar-refractivity contribution in [2.24, 2.45) is 62.6 Å². The number of hydrogen-bond acceptors (Lipinski definition) is 20. The van der Waals surface area contributed by atoms with Gasteiger partial charge in [0.2, 0.25) is 6.29 Å². The van der Waals surface area contributed by atoms with Gasteiger partial charge >= 0.3 is 11.9 Å². The molecule has 0 aromatic rings. The van der Waals surface area contributed by atoms with E-state index in [1.807, 2.05) is 6.92 Å². The number of hydrogen-bond donors (Lipinski definition) is 9. The molecule has 0 bridgehead atoms. The minimum atomic E-state index is -1.87. The fraction of sp³-hybridized carbons (Fsp3) is 0.869. The van der Waals surface area contributed by atoms with Gasteiger partial charge in [-0.3, -0.25) is 24.1 Å². The minimum absolute atomic E-state index is 0.0231. The van der Waals surface area contributed by atoms with Crippen molar-refractivity contribution in [1.29, 1.82) is 0 Å². The van der Waals surface area contributed by atoms with Crippen LogP contribution < -0.4 is 0 Å². The highest BCUT2D eigenvalue weighted by Gasteiger charge is 2.70. The highest BCUT2D eigenvalue weighted by molar-refractivity contribution is 6.12. The van der Waals surface area contributed by atoms with Crippen molar-refractivity contribution in [3.05, 3.63) is 23.8 Å². The van der Waals surface area contributed by atoms with Crippen molar-refractivity contribution in [3.63, 3.8) is 0 Å². The molecule has 21 nitrogen and oxygen atoms in total. The first-order valence-corrected chi connectivity index (χ1v) is 30.7. The lowest BCUT2D eigenvalue weighted by Gasteiger charge is -2.71. The molecule has 0 aromatic heterocycles. The number of imide groups is 1. The zero-order chi connectivity index (χ0) is 59.4. The lowest BCUT2D eigenvalue weighted by molar-refractivity contribution is -0.328. The second-order valence-electron chi connectivity index (χ2n) is 27.1. The van der Waals surface area contributed by atoms with Crippen molar-refractivity contribution in [2.75, 3.05) is 33.0 Å². The van der Waals surface area contributed by atoms with Crippen LogP contribution in [0.3, 0.4) is 0 Å². The van der Waals surface area contributed by atoms with E-state index >= 15 is 4.79 Å². The molecule has 82 heavy (non-hydrogen) atoms. The summed E-state index contributed by atoms with van der Waals surface area (Å²) in [7, 11) is 0. The molecule has 9 N–H and O–H groups in total. The van der Waals surface area contributed by atoms with Crippen LogP contribution >= 0.6 is 0 Å². The Morgan fingerprint density at radius 1 is 0.707 bits per heavy atom. The second-order valence-corrected chi connectivity index (χ2v) is 27.1. The topological polar surface area (TPSA) is 318 Å². The lowest BCUT2D eigenvalue weighted by atomic mass is 9.34. The normalized spacial score (nSPS) is 47.7. The summed E-state index contributed by atoms with van der Waals surface area (Å²) in [5.41, 5.74) is -1.19. The molecule has 4 saturated carbocycles. The summed E-state index contributed by atoms with van der Waals surface area (Å²) >= 11 is 0. The zero-order valence-electron chi connectivity index (χ0n) is 49.1. The average molecular weight is 1160 g/mol. The van der Waals surface area contributed by atoms with Gasteiger partial charge in [0.05, 0.1) is 43.4 Å². The van der Waals surface area contributed by atoms with Crippen LogP contribution in [0.2, 0.25) is 0 Å². The molecule has 23 unspecified atom stereocenters. The largest absolute Gasteiger partial charge is 0.463 e. The molecule has 0 aromatic carbocycles. The highest BCUT2D eigenvalue weighted by Crippen LogP contribution is 2.75. The number of carbonyl (C=O) groups excluding carboxylic acids is 4. The molecule has 21 heteroatoms. The molecule has 7 fully saturated rings. The van der Waals surface area contributed by atoms with Gasteiger partial charge in [0.15, 0.2) is 12.6 Å². The van der Waals surface area contributed by atoms with E-state index in [4.69, 9.17) is 33.2 Å². The Morgan fingerprint density at radius 3 is 1.99 bits per heavy atom. The Balaban J connectivity index is 0.859. The summed E-state index contributed by atoms with van der Waals surface area (Å²) in [6.07, 6.45) is -5.18. The third-order valence-corrected chi connectivity index (χ3v) is 22.6. The summed E-state index contributed by atoms with van der Waals surface area (Å²) in [5.74, 6) is -2.52. The van der Waals surface area contributed by atoms with E-state index in [9.17, 15) is 60.3 Å². The maximum Gasteiger partial charge on any atom is 0.315 e. The van der Waals surface area contributed by atoms with Gasteiger partial charge in [-0.1, -0.05) is 79.4 Å². The molecule has 4 aliphatic heterocycles. The number of esters is 2. The van der Waals surface area contributed by atoms with E-state index < -0.39 is 128 Å². The first-order valence-electron chi connectivity index (χ1n) is 30.7. The van der Waals surface area contributed by atoms with Gasteiger partial charge in [0.25, 0.3) is 11.8 Å². The number of aliphatic hydroxyl groups excluding tert-OH is 9. The summed E-state index contributed by atoms with van der Waals surface area (Å²) in [4.78, 5) is 53.8. The molecule has 0 radical (unpaired) electrons. The van der Waals surface area contributed by atoms with Gasteiger partial charge in [-0.2, -0.15) is 0 Å². The lowest BCUT2D eigenvalue weighted by Crippen LogP contribution is -2.66. The number of rotatable bonds is 18. The summed E-state index contributed by atoms with van der Waals surface area (Å²) in [6.45, 7) is 14.6. The molecule has 3 saturated heterocycles. The molecular weight excluding hydrogens is 1070 g/mol. The van der Waals surface area contributed by atoms with Gasteiger partial charge in [0, 0.05) is 30.0 Å².